The quantitative estimate of drug-likeness (QED) is 0.322. The van der Waals surface area contributed by atoms with Gasteiger partial charge in [-0.3, -0.25) is 14.7 Å². The molecule has 226 valence electrons. The van der Waals surface area contributed by atoms with E-state index in [1.54, 1.807) is 32.2 Å². The number of carbonyl (C=O) groups is 2. The van der Waals surface area contributed by atoms with Crippen molar-refractivity contribution in [1.82, 2.24) is 25.0 Å². The molecule has 13 heteroatoms. The number of benzene rings is 1. The zero-order valence-corrected chi connectivity index (χ0v) is 25.7. The van der Waals surface area contributed by atoms with Crippen LogP contribution in [-0.2, 0) is 14.3 Å². The highest BCUT2D eigenvalue weighted by Crippen LogP contribution is 2.24. The Morgan fingerprint density at radius 2 is 2.05 bits per heavy atom. The number of thiocarbonyl (C=S) groups is 1. The van der Waals surface area contributed by atoms with Crippen LogP contribution in [0.25, 0.3) is 0 Å². The Hall–Kier alpha value is -3.42. The van der Waals surface area contributed by atoms with Crippen LogP contribution in [0.5, 0.6) is 0 Å². The number of carbonyl (C=O) groups excluding carboxylic acids is 1. The van der Waals surface area contributed by atoms with Crippen molar-refractivity contribution in [3.05, 3.63) is 63.5 Å². The molecule has 4 heterocycles. The second-order valence-electron chi connectivity index (χ2n) is 10.3. The van der Waals surface area contributed by atoms with Gasteiger partial charge in [-0.15, -0.1) is 11.3 Å². The molecular weight excluding hydrogens is 579 g/mol. The molecule has 0 saturated carbocycles. The third kappa shape index (κ3) is 7.69. The van der Waals surface area contributed by atoms with Crippen LogP contribution in [0.3, 0.4) is 0 Å². The van der Waals surface area contributed by atoms with Crippen LogP contribution in [0.15, 0.2) is 52.1 Å². The molecule has 42 heavy (non-hydrogen) atoms. The van der Waals surface area contributed by atoms with Crippen molar-refractivity contribution < 1.29 is 23.8 Å². The number of carboxylic acids is 1. The maximum absolute atomic E-state index is 12.6. The van der Waals surface area contributed by atoms with Crippen LogP contribution in [0.1, 0.15) is 30.8 Å². The fourth-order valence-corrected chi connectivity index (χ4v) is 6.06. The molecule has 0 amide bonds. The summed E-state index contributed by atoms with van der Waals surface area (Å²) >= 11 is 7.16. The molecule has 3 aliphatic heterocycles. The molecule has 2 unspecified atom stereocenters. The lowest BCUT2D eigenvalue weighted by Crippen LogP contribution is -2.53. The van der Waals surface area contributed by atoms with E-state index in [1.165, 1.54) is 17.4 Å². The van der Waals surface area contributed by atoms with Gasteiger partial charge >= 0.3 is 11.9 Å². The molecule has 2 N–H and O–H groups in total. The Morgan fingerprint density at radius 3 is 2.67 bits per heavy atom. The van der Waals surface area contributed by atoms with Gasteiger partial charge in [-0.2, -0.15) is 0 Å². The summed E-state index contributed by atoms with van der Waals surface area (Å²) in [5, 5.41) is 16.2. The van der Waals surface area contributed by atoms with Gasteiger partial charge in [0.2, 0.25) is 0 Å². The standard InChI is InChI=1S/C22H30N6O4S2.C7H7F/c1-3-14(20(29)30)10-27-12-15-11-26(6-7-28(15)22(27)33)13-17-16(21(31)32-4-2)9-24-18(25-17)19-23-5-8-34-19;1-6-4-2-3-5-7(6)8/h5,8,14-15H,3-4,6-7,9-13H2,1-2H3,(H,24,25)(H,29,30);2-5H,1H3. The summed E-state index contributed by atoms with van der Waals surface area (Å²) in [6, 6.07) is 6.89. The number of rotatable bonds is 9. The molecule has 5 rings (SSSR count). The molecule has 2 atom stereocenters. The number of hydrogen-bond acceptors (Lipinski definition) is 9. The summed E-state index contributed by atoms with van der Waals surface area (Å²) in [5.74, 6) is -1.02. The molecule has 0 bridgehead atoms. The van der Waals surface area contributed by atoms with Gasteiger partial charge < -0.3 is 25.0 Å². The summed E-state index contributed by atoms with van der Waals surface area (Å²) in [6.07, 6.45) is 2.31. The van der Waals surface area contributed by atoms with Crippen LogP contribution < -0.4 is 5.32 Å². The third-order valence-corrected chi connectivity index (χ3v) is 8.71. The minimum absolute atomic E-state index is 0.132. The molecular formula is C29H37FN6O4S2. The van der Waals surface area contributed by atoms with E-state index in [-0.39, 0.29) is 24.4 Å². The number of aromatic nitrogens is 1. The normalized spacial score (nSPS) is 19.4. The molecule has 0 aliphatic carbocycles. The highest BCUT2D eigenvalue weighted by atomic mass is 32.1. The summed E-state index contributed by atoms with van der Waals surface area (Å²) in [6.45, 7) is 10.0. The van der Waals surface area contributed by atoms with E-state index in [9.17, 15) is 19.1 Å². The minimum Gasteiger partial charge on any atom is -0.481 e. The fourth-order valence-electron chi connectivity index (χ4n) is 5.07. The van der Waals surface area contributed by atoms with Gasteiger partial charge in [0.1, 0.15) is 5.82 Å². The van der Waals surface area contributed by atoms with Crippen molar-refractivity contribution >= 4 is 46.4 Å². The predicted molar refractivity (Wildman–Crippen MR) is 164 cm³/mol. The number of nitrogens with zero attached hydrogens (tertiary/aromatic N) is 5. The van der Waals surface area contributed by atoms with Crippen molar-refractivity contribution in [2.45, 2.75) is 33.2 Å². The van der Waals surface area contributed by atoms with E-state index in [0.29, 0.717) is 49.6 Å². The number of aryl methyl sites for hydroxylation is 1. The average molecular weight is 617 g/mol. The molecule has 2 fully saturated rings. The number of hydrogen-bond donors (Lipinski definition) is 2. The Bertz CT molecular complexity index is 1310. The number of aliphatic carboxylic acids is 1. The van der Waals surface area contributed by atoms with Crippen molar-refractivity contribution in [1.29, 1.82) is 0 Å². The van der Waals surface area contributed by atoms with Crippen LogP contribution in [0.4, 0.5) is 4.39 Å². The van der Waals surface area contributed by atoms with Gasteiger partial charge in [0.05, 0.1) is 30.7 Å². The number of ether oxygens (including phenoxy) is 1. The molecule has 1 aromatic carbocycles. The summed E-state index contributed by atoms with van der Waals surface area (Å²) in [7, 11) is 0. The number of amidine groups is 1. The third-order valence-electron chi connectivity index (χ3n) is 7.44. The first kappa shape index (κ1) is 31.5. The highest BCUT2D eigenvalue weighted by Gasteiger charge is 2.39. The number of halogens is 1. The van der Waals surface area contributed by atoms with Crippen molar-refractivity contribution in [2.75, 3.05) is 52.4 Å². The van der Waals surface area contributed by atoms with Crippen molar-refractivity contribution in [3.63, 3.8) is 0 Å². The van der Waals surface area contributed by atoms with Gasteiger partial charge in [-0.05, 0) is 44.1 Å². The Labute approximate surface area is 254 Å². The maximum atomic E-state index is 12.6. The Balaban J connectivity index is 0.000000437. The van der Waals surface area contributed by atoms with Gasteiger partial charge in [-0.1, -0.05) is 25.1 Å². The SMILES string of the molecule is CCOC(=O)C1=C(CN2CCN3C(=S)N(CC(CC)C(=O)O)CC3C2)NC(c2nccs2)=NC1.Cc1ccccc1F. The monoisotopic (exact) mass is 616 g/mol. The molecule has 10 nitrogen and oxygen atoms in total. The maximum Gasteiger partial charge on any atom is 0.337 e. The Morgan fingerprint density at radius 1 is 1.26 bits per heavy atom. The lowest BCUT2D eigenvalue weighted by molar-refractivity contribution is -0.142. The second-order valence-corrected chi connectivity index (χ2v) is 11.5. The molecule has 0 radical (unpaired) electrons. The zero-order valence-electron chi connectivity index (χ0n) is 24.1. The summed E-state index contributed by atoms with van der Waals surface area (Å²) in [4.78, 5) is 39.5. The number of fused-ring (bicyclic) bond motifs is 1. The number of nitrogens with one attached hydrogen (secondary N) is 1. The summed E-state index contributed by atoms with van der Waals surface area (Å²) < 4.78 is 17.6. The smallest absolute Gasteiger partial charge is 0.337 e. The van der Waals surface area contributed by atoms with Crippen LogP contribution in [0, 0.1) is 18.7 Å². The van der Waals surface area contributed by atoms with E-state index >= 15 is 0 Å². The van der Waals surface area contributed by atoms with E-state index in [1.807, 2.05) is 23.3 Å². The van der Waals surface area contributed by atoms with Gasteiger partial charge in [0.25, 0.3) is 0 Å². The van der Waals surface area contributed by atoms with Crippen molar-refractivity contribution in [2.24, 2.45) is 10.9 Å². The predicted octanol–water partition coefficient (Wildman–Crippen LogP) is 3.14. The molecule has 3 aliphatic rings. The molecule has 1 aromatic heterocycles. The Kier molecular flexibility index (Phi) is 11.0. The van der Waals surface area contributed by atoms with E-state index in [0.717, 1.165) is 35.5 Å². The second kappa shape index (κ2) is 14.7. The number of esters is 1. The first-order valence-electron chi connectivity index (χ1n) is 14.0. The van der Waals surface area contributed by atoms with E-state index < -0.39 is 11.9 Å². The number of thiazole rings is 1. The number of carboxylic acid groups (broad SMARTS) is 1. The average Bonchev–Trinajstić information content (AvgIpc) is 3.62. The molecule has 2 aromatic rings. The number of piperazine rings is 1. The van der Waals surface area contributed by atoms with Crippen LogP contribution in [-0.4, -0.2) is 106 Å². The van der Waals surface area contributed by atoms with Crippen LogP contribution >= 0.6 is 23.6 Å². The van der Waals surface area contributed by atoms with Crippen LogP contribution in [0.2, 0.25) is 0 Å². The highest BCUT2D eigenvalue weighted by molar-refractivity contribution is 7.80. The van der Waals surface area contributed by atoms with Gasteiger partial charge in [0.15, 0.2) is 16.0 Å². The number of aliphatic imine (C=N–C) groups is 1. The van der Waals surface area contributed by atoms with E-state index in [4.69, 9.17) is 17.0 Å². The first-order chi connectivity index (χ1) is 20.2. The fraction of sp³-hybridized carbons (Fsp3) is 0.483. The van der Waals surface area contributed by atoms with Gasteiger partial charge in [0, 0.05) is 56.5 Å². The molecule has 2 saturated heterocycles. The van der Waals surface area contributed by atoms with Crippen molar-refractivity contribution in [3.8, 4) is 0 Å². The lowest BCUT2D eigenvalue weighted by atomic mass is 10.1. The van der Waals surface area contributed by atoms with E-state index in [2.05, 4.69) is 25.1 Å². The zero-order chi connectivity index (χ0) is 30.2. The van der Waals surface area contributed by atoms with Gasteiger partial charge in [-0.25, -0.2) is 14.2 Å². The minimum atomic E-state index is -0.781. The first-order valence-corrected chi connectivity index (χ1v) is 15.3. The summed E-state index contributed by atoms with van der Waals surface area (Å²) in [5.41, 5.74) is 2.04. The lowest BCUT2D eigenvalue weighted by Gasteiger charge is -2.38. The molecule has 0 spiro atoms. The largest absolute Gasteiger partial charge is 0.481 e. The topological polar surface area (TPSA) is 111 Å².